The lowest BCUT2D eigenvalue weighted by atomic mass is 9.63. The maximum absolute atomic E-state index is 13.4. The van der Waals surface area contributed by atoms with E-state index < -0.39 is 41.1 Å². The predicted octanol–water partition coefficient (Wildman–Crippen LogP) is 6.50. The van der Waals surface area contributed by atoms with Gasteiger partial charge in [-0.3, -0.25) is 14.6 Å². The molecule has 4 rings (SSSR count). The summed E-state index contributed by atoms with van der Waals surface area (Å²) < 4.78 is 79.7. The van der Waals surface area contributed by atoms with Crippen molar-refractivity contribution in [2.24, 2.45) is 5.92 Å². The van der Waals surface area contributed by atoms with Gasteiger partial charge in [-0.25, -0.2) is 0 Å². The fraction of sp³-hybridized carbons (Fsp3) is 0.370. The zero-order valence-corrected chi connectivity index (χ0v) is 20.0. The fourth-order valence-electron chi connectivity index (χ4n) is 5.07. The first kappa shape index (κ1) is 27.4. The van der Waals surface area contributed by atoms with Crippen LogP contribution in [0.25, 0.3) is 10.9 Å². The normalized spacial score (nSPS) is 20.3. The number of carbonyl (C=O) groups excluding carboxylic acids is 1. The van der Waals surface area contributed by atoms with Crippen molar-refractivity contribution in [2.45, 2.75) is 49.9 Å². The number of pyridine rings is 1. The van der Waals surface area contributed by atoms with Gasteiger partial charge < -0.3 is 10.4 Å². The van der Waals surface area contributed by atoms with Crippen LogP contribution >= 0.6 is 0 Å². The third kappa shape index (κ3) is 5.76. The number of fused-ring (bicyclic) bond motifs is 1. The molecule has 38 heavy (non-hydrogen) atoms. The van der Waals surface area contributed by atoms with E-state index >= 15 is 0 Å². The number of carbonyl (C=O) groups is 2. The number of hydrogen-bond donors (Lipinski definition) is 2. The van der Waals surface area contributed by atoms with Crippen LogP contribution in [0, 0.1) is 5.92 Å². The van der Waals surface area contributed by atoms with Crippen LogP contribution in [0.15, 0.2) is 54.7 Å². The molecule has 3 aromatic rings. The minimum atomic E-state index is -4.53. The topological polar surface area (TPSA) is 79.3 Å². The largest absolute Gasteiger partial charge is 0.481 e. The Labute approximate surface area is 213 Å². The summed E-state index contributed by atoms with van der Waals surface area (Å²) in [6.07, 6.45) is -7.69. The van der Waals surface area contributed by atoms with E-state index in [1.165, 1.54) is 24.4 Å². The summed E-state index contributed by atoms with van der Waals surface area (Å²) in [6.45, 7) is -0.0580. The SMILES string of the molecule is O=C(O)CCNC(=O)c1ccc(C2(c3cnc4cc(C(F)(F)F)ccc4c3)CCC(C(F)(F)F)CC2)cc1. The monoisotopic (exact) mass is 538 g/mol. The van der Waals surface area contributed by atoms with Gasteiger partial charge in [0.2, 0.25) is 0 Å². The van der Waals surface area contributed by atoms with Gasteiger partial charge in [-0.2, -0.15) is 26.3 Å². The van der Waals surface area contributed by atoms with Gasteiger partial charge in [0.1, 0.15) is 0 Å². The molecule has 1 amide bonds. The van der Waals surface area contributed by atoms with E-state index in [0.717, 1.165) is 12.1 Å². The molecule has 1 aromatic heterocycles. The molecule has 2 N–H and O–H groups in total. The van der Waals surface area contributed by atoms with Gasteiger partial charge >= 0.3 is 18.3 Å². The second kappa shape index (κ2) is 10.3. The highest BCUT2D eigenvalue weighted by Gasteiger charge is 2.47. The molecule has 1 saturated carbocycles. The summed E-state index contributed by atoms with van der Waals surface area (Å²) in [6, 6.07) is 11.2. The summed E-state index contributed by atoms with van der Waals surface area (Å²) in [5, 5.41) is 11.6. The number of hydrogen-bond acceptors (Lipinski definition) is 3. The fourth-order valence-corrected chi connectivity index (χ4v) is 5.07. The highest BCUT2D eigenvalue weighted by Crippen LogP contribution is 2.50. The Balaban J connectivity index is 1.69. The van der Waals surface area contributed by atoms with Gasteiger partial charge in [-0.1, -0.05) is 18.2 Å². The van der Waals surface area contributed by atoms with Crippen molar-refractivity contribution in [2.75, 3.05) is 6.54 Å². The van der Waals surface area contributed by atoms with Crippen LogP contribution in [0.4, 0.5) is 26.3 Å². The lowest BCUT2D eigenvalue weighted by molar-refractivity contribution is -0.184. The second-order valence-electron chi connectivity index (χ2n) is 9.50. The van der Waals surface area contributed by atoms with Crippen molar-refractivity contribution < 1.29 is 41.0 Å². The van der Waals surface area contributed by atoms with Crippen LogP contribution in [-0.4, -0.2) is 34.7 Å². The van der Waals surface area contributed by atoms with Crippen LogP contribution in [0.2, 0.25) is 0 Å². The molecule has 1 fully saturated rings. The van der Waals surface area contributed by atoms with Gasteiger partial charge in [0.05, 0.1) is 23.4 Å². The molecule has 0 atom stereocenters. The molecular formula is C27H24F6N2O3. The zero-order valence-electron chi connectivity index (χ0n) is 20.0. The van der Waals surface area contributed by atoms with Crippen molar-refractivity contribution in [3.05, 3.63) is 77.0 Å². The van der Waals surface area contributed by atoms with E-state index in [0.29, 0.717) is 16.5 Å². The van der Waals surface area contributed by atoms with E-state index in [1.54, 1.807) is 18.2 Å². The number of nitrogens with one attached hydrogen (secondary N) is 1. The van der Waals surface area contributed by atoms with Gasteiger partial charge in [0.15, 0.2) is 0 Å². The molecule has 0 spiro atoms. The number of carboxylic acid groups (broad SMARTS) is 1. The number of benzene rings is 2. The summed E-state index contributed by atoms with van der Waals surface area (Å²) in [5.74, 6) is -3.01. The predicted molar refractivity (Wildman–Crippen MR) is 127 cm³/mol. The number of rotatable bonds is 6. The maximum atomic E-state index is 13.4. The molecule has 2 aromatic carbocycles. The van der Waals surface area contributed by atoms with Crippen molar-refractivity contribution in [3.8, 4) is 0 Å². The van der Waals surface area contributed by atoms with Crippen LogP contribution in [0.1, 0.15) is 59.2 Å². The highest BCUT2D eigenvalue weighted by molar-refractivity contribution is 5.94. The number of carboxylic acids is 1. The van der Waals surface area contributed by atoms with Gasteiger partial charge in [0.25, 0.3) is 5.91 Å². The van der Waals surface area contributed by atoms with E-state index in [-0.39, 0.29) is 49.7 Å². The highest BCUT2D eigenvalue weighted by atomic mass is 19.4. The Morgan fingerprint density at radius 1 is 0.947 bits per heavy atom. The van der Waals surface area contributed by atoms with E-state index in [1.807, 2.05) is 0 Å². The van der Waals surface area contributed by atoms with Crippen LogP contribution in [-0.2, 0) is 16.4 Å². The Morgan fingerprint density at radius 3 is 2.18 bits per heavy atom. The molecule has 0 bridgehead atoms. The standard InChI is InChI=1S/C27H24F6N2O3/c28-26(29,30)19-7-10-25(11-8-19,18-4-1-16(2-5-18)24(38)34-12-9-23(36)37)21-13-17-3-6-20(27(31,32)33)14-22(17)35-15-21/h1-6,13-15,19H,7-12H2,(H,34,38)(H,36,37). The van der Waals surface area contributed by atoms with Crippen LogP contribution < -0.4 is 5.32 Å². The molecule has 0 unspecified atom stereocenters. The average Bonchev–Trinajstić information content (AvgIpc) is 2.87. The Hall–Kier alpha value is -3.63. The number of amides is 1. The minimum absolute atomic E-state index is 0.0580. The van der Waals surface area contributed by atoms with Crippen LogP contribution in [0.5, 0.6) is 0 Å². The summed E-state index contributed by atoms with van der Waals surface area (Å²) >= 11 is 0. The molecule has 1 aliphatic carbocycles. The van der Waals surface area contributed by atoms with Crippen molar-refractivity contribution in [1.29, 1.82) is 0 Å². The minimum Gasteiger partial charge on any atom is -0.481 e. The van der Waals surface area contributed by atoms with Crippen molar-refractivity contribution >= 4 is 22.8 Å². The molecule has 0 saturated heterocycles. The summed E-state index contributed by atoms with van der Waals surface area (Å²) in [7, 11) is 0. The smallest absolute Gasteiger partial charge is 0.416 e. The van der Waals surface area contributed by atoms with E-state index in [4.69, 9.17) is 5.11 Å². The van der Waals surface area contributed by atoms with E-state index in [9.17, 15) is 35.9 Å². The Kier molecular flexibility index (Phi) is 7.40. The number of nitrogens with zero attached hydrogens (tertiary/aromatic N) is 1. The molecule has 0 radical (unpaired) electrons. The van der Waals surface area contributed by atoms with Gasteiger partial charge in [-0.05, 0) is 67.1 Å². The quantitative estimate of drug-likeness (QED) is 0.352. The van der Waals surface area contributed by atoms with Gasteiger partial charge in [-0.15, -0.1) is 0 Å². The lowest BCUT2D eigenvalue weighted by Gasteiger charge is -2.41. The van der Waals surface area contributed by atoms with E-state index in [2.05, 4.69) is 10.3 Å². The third-order valence-corrected chi connectivity index (χ3v) is 7.19. The molecule has 1 aliphatic rings. The second-order valence-corrected chi connectivity index (χ2v) is 9.50. The number of halogens is 6. The third-order valence-electron chi connectivity index (χ3n) is 7.19. The first-order valence-electron chi connectivity index (χ1n) is 11.9. The number of aromatic nitrogens is 1. The van der Waals surface area contributed by atoms with Gasteiger partial charge in [0, 0.05) is 29.1 Å². The first-order valence-corrected chi connectivity index (χ1v) is 11.9. The first-order chi connectivity index (χ1) is 17.8. The van der Waals surface area contributed by atoms with Crippen LogP contribution in [0.3, 0.4) is 0 Å². The van der Waals surface area contributed by atoms with Crippen molar-refractivity contribution in [3.63, 3.8) is 0 Å². The summed E-state index contributed by atoms with van der Waals surface area (Å²) in [4.78, 5) is 27.2. The number of aliphatic carboxylic acids is 1. The average molecular weight is 538 g/mol. The molecule has 5 nitrogen and oxygen atoms in total. The lowest BCUT2D eigenvalue weighted by Crippen LogP contribution is -2.37. The maximum Gasteiger partial charge on any atom is 0.416 e. The number of alkyl halides is 6. The Morgan fingerprint density at radius 2 is 1.61 bits per heavy atom. The summed E-state index contributed by atoms with van der Waals surface area (Å²) in [5.41, 5.74) is -0.102. The molecule has 202 valence electrons. The molecule has 11 heteroatoms. The Bertz CT molecular complexity index is 1330. The molecule has 0 aliphatic heterocycles. The zero-order chi connectivity index (χ0) is 27.7. The molecule has 1 heterocycles. The van der Waals surface area contributed by atoms with Crippen molar-refractivity contribution in [1.82, 2.24) is 10.3 Å². The molecular weight excluding hydrogens is 514 g/mol.